The molecule has 1 fully saturated rings. The molecule has 1 unspecified atom stereocenters. The van der Waals surface area contributed by atoms with Crippen molar-refractivity contribution in [3.8, 4) is 5.75 Å². The molecule has 1 saturated heterocycles. The van der Waals surface area contributed by atoms with Crippen LogP contribution >= 0.6 is 22.9 Å². The van der Waals surface area contributed by atoms with Gasteiger partial charge in [-0.2, -0.15) is 13.2 Å². The number of likely N-dealkylation sites (tertiary alicyclic amines) is 1. The number of nitrogens with one attached hydrogen (secondary N) is 1. The van der Waals surface area contributed by atoms with Gasteiger partial charge in [0.1, 0.15) is 35.6 Å². The van der Waals surface area contributed by atoms with Crippen molar-refractivity contribution in [1.29, 1.82) is 0 Å². The molecule has 1 aliphatic heterocycles. The van der Waals surface area contributed by atoms with Gasteiger partial charge in [-0.1, -0.05) is 11.6 Å². The summed E-state index contributed by atoms with van der Waals surface area (Å²) in [5.41, 5.74) is 0.139. The van der Waals surface area contributed by atoms with Crippen LogP contribution in [0.25, 0.3) is 0 Å². The smallest absolute Gasteiger partial charge is 0.405 e. The number of halogens is 4. The van der Waals surface area contributed by atoms with E-state index >= 15 is 0 Å². The van der Waals surface area contributed by atoms with Crippen molar-refractivity contribution in [2.24, 2.45) is 0 Å². The summed E-state index contributed by atoms with van der Waals surface area (Å²) in [6.07, 6.45) is -3.66. The van der Waals surface area contributed by atoms with Gasteiger partial charge in [0.25, 0.3) is 5.91 Å². The summed E-state index contributed by atoms with van der Waals surface area (Å²) < 4.78 is 42.5. The number of carbonyl (C=O) groups is 2. The van der Waals surface area contributed by atoms with Gasteiger partial charge in [-0.25, -0.2) is 4.98 Å². The lowest BCUT2D eigenvalue weighted by molar-refractivity contribution is -0.140. The first-order chi connectivity index (χ1) is 13.7. The fraction of sp³-hybridized carbons (Fsp3) is 0.389. The Bertz CT molecular complexity index is 873. The van der Waals surface area contributed by atoms with Crippen LogP contribution in [0.3, 0.4) is 0 Å². The first-order valence-electron chi connectivity index (χ1n) is 8.71. The zero-order valence-corrected chi connectivity index (χ0v) is 16.6. The molecule has 1 atom stereocenters. The van der Waals surface area contributed by atoms with Gasteiger partial charge >= 0.3 is 6.18 Å². The van der Waals surface area contributed by atoms with Crippen molar-refractivity contribution in [3.63, 3.8) is 0 Å². The first-order valence-corrected chi connectivity index (χ1v) is 9.97. The Labute approximate surface area is 173 Å². The SMILES string of the molecule is O=C(NCC(F)(F)F)C1CCCN1C(=O)c1csc(COc2ccc(Cl)cc2)n1. The minimum absolute atomic E-state index is 0.139. The third-order valence-electron chi connectivity index (χ3n) is 4.23. The van der Waals surface area contributed by atoms with E-state index in [1.807, 2.05) is 5.32 Å². The molecule has 1 aromatic carbocycles. The number of thiazole rings is 1. The van der Waals surface area contributed by atoms with Crippen LogP contribution in [0.5, 0.6) is 5.75 Å². The Morgan fingerprint density at radius 3 is 2.72 bits per heavy atom. The van der Waals surface area contributed by atoms with Crippen molar-refractivity contribution in [2.45, 2.75) is 31.7 Å². The van der Waals surface area contributed by atoms with E-state index in [1.54, 1.807) is 29.6 Å². The first kappa shape index (κ1) is 21.4. The lowest BCUT2D eigenvalue weighted by Crippen LogP contribution is -2.48. The zero-order chi connectivity index (χ0) is 21.0. The quantitative estimate of drug-likeness (QED) is 0.733. The molecule has 0 saturated carbocycles. The highest BCUT2D eigenvalue weighted by molar-refractivity contribution is 7.09. The Kier molecular flexibility index (Phi) is 6.63. The molecular formula is C18H17ClF3N3O3S. The molecule has 0 radical (unpaired) electrons. The molecule has 11 heteroatoms. The van der Waals surface area contributed by atoms with E-state index in [2.05, 4.69) is 4.98 Å². The molecule has 0 spiro atoms. The Balaban J connectivity index is 1.59. The van der Waals surface area contributed by atoms with E-state index < -0.39 is 30.6 Å². The molecule has 1 aliphatic rings. The molecule has 2 aromatic rings. The van der Waals surface area contributed by atoms with Gasteiger partial charge in [0.15, 0.2) is 0 Å². The number of carbonyl (C=O) groups excluding carboxylic acids is 2. The number of aromatic nitrogens is 1. The molecule has 0 aliphatic carbocycles. The second-order valence-electron chi connectivity index (χ2n) is 6.36. The van der Waals surface area contributed by atoms with Crippen LogP contribution in [0.2, 0.25) is 5.02 Å². The summed E-state index contributed by atoms with van der Waals surface area (Å²) in [6.45, 7) is -0.987. The average molecular weight is 448 g/mol. The topological polar surface area (TPSA) is 71.5 Å². The molecule has 0 bridgehead atoms. The van der Waals surface area contributed by atoms with Crippen LogP contribution in [0.1, 0.15) is 28.3 Å². The average Bonchev–Trinajstić information content (AvgIpc) is 3.34. The van der Waals surface area contributed by atoms with Crippen molar-refractivity contribution >= 4 is 34.8 Å². The van der Waals surface area contributed by atoms with Crippen LogP contribution in [0, 0.1) is 0 Å². The summed E-state index contributed by atoms with van der Waals surface area (Å²) in [6, 6.07) is 5.85. The second-order valence-corrected chi connectivity index (χ2v) is 7.74. The normalized spacial score (nSPS) is 16.7. The maximum Gasteiger partial charge on any atom is 0.405 e. The molecule has 29 heavy (non-hydrogen) atoms. The van der Waals surface area contributed by atoms with Gasteiger partial charge < -0.3 is 15.0 Å². The van der Waals surface area contributed by atoms with E-state index in [1.165, 1.54) is 16.2 Å². The predicted octanol–water partition coefficient (Wildman–Crippen LogP) is 3.66. The monoisotopic (exact) mass is 447 g/mol. The molecule has 2 heterocycles. The Morgan fingerprint density at radius 1 is 1.31 bits per heavy atom. The van der Waals surface area contributed by atoms with Crippen molar-refractivity contribution in [3.05, 3.63) is 45.4 Å². The van der Waals surface area contributed by atoms with Crippen LogP contribution in [-0.4, -0.2) is 47.0 Å². The molecule has 6 nitrogen and oxygen atoms in total. The van der Waals surface area contributed by atoms with Crippen LogP contribution in [-0.2, 0) is 11.4 Å². The second kappa shape index (κ2) is 9.00. The van der Waals surface area contributed by atoms with Gasteiger partial charge in [-0.3, -0.25) is 9.59 Å². The highest BCUT2D eigenvalue weighted by atomic mass is 35.5. The van der Waals surface area contributed by atoms with Crippen LogP contribution < -0.4 is 10.1 Å². The largest absolute Gasteiger partial charge is 0.486 e. The number of hydrogen-bond donors (Lipinski definition) is 1. The van der Waals surface area contributed by atoms with Crippen molar-refractivity contribution in [2.75, 3.05) is 13.1 Å². The highest BCUT2D eigenvalue weighted by Gasteiger charge is 2.37. The van der Waals surface area contributed by atoms with E-state index in [-0.39, 0.29) is 18.8 Å². The van der Waals surface area contributed by atoms with E-state index in [9.17, 15) is 22.8 Å². The van der Waals surface area contributed by atoms with Gasteiger partial charge in [0.2, 0.25) is 5.91 Å². The van der Waals surface area contributed by atoms with Crippen molar-refractivity contribution < 1.29 is 27.5 Å². The Hall–Kier alpha value is -2.33. The number of nitrogens with zero attached hydrogens (tertiary/aromatic N) is 2. The number of alkyl halides is 3. The predicted molar refractivity (Wildman–Crippen MR) is 101 cm³/mol. The fourth-order valence-corrected chi connectivity index (χ4v) is 3.69. The van der Waals surface area contributed by atoms with E-state index in [0.717, 1.165) is 0 Å². The molecule has 1 aromatic heterocycles. The maximum absolute atomic E-state index is 12.7. The number of rotatable bonds is 6. The number of ether oxygens (including phenoxy) is 1. The Morgan fingerprint density at radius 2 is 2.03 bits per heavy atom. The number of amides is 2. The number of benzene rings is 1. The van der Waals surface area contributed by atoms with Gasteiger partial charge in [-0.15, -0.1) is 11.3 Å². The summed E-state index contributed by atoms with van der Waals surface area (Å²) >= 11 is 7.04. The van der Waals surface area contributed by atoms with E-state index in [4.69, 9.17) is 16.3 Å². The fourth-order valence-electron chi connectivity index (χ4n) is 2.89. The molecule has 2 amide bonds. The minimum atomic E-state index is -4.50. The van der Waals surface area contributed by atoms with Gasteiger partial charge in [-0.05, 0) is 37.1 Å². The maximum atomic E-state index is 12.7. The molecule has 3 rings (SSSR count). The van der Waals surface area contributed by atoms with Crippen LogP contribution in [0.15, 0.2) is 29.6 Å². The zero-order valence-electron chi connectivity index (χ0n) is 15.0. The summed E-state index contributed by atoms with van der Waals surface area (Å²) in [4.78, 5) is 30.3. The molecular weight excluding hydrogens is 431 g/mol. The third-order valence-corrected chi connectivity index (χ3v) is 5.30. The van der Waals surface area contributed by atoms with Gasteiger partial charge in [0, 0.05) is 16.9 Å². The molecule has 156 valence electrons. The minimum Gasteiger partial charge on any atom is -0.486 e. The van der Waals surface area contributed by atoms with Gasteiger partial charge in [0.05, 0.1) is 0 Å². The van der Waals surface area contributed by atoms with E-state index in [0.29, 0.717) is 28.6 Å². The molecule has 1 N–H and O–H groups in total. The lowest BCUT2D eigenvalue weighted by Gasteiger charge is -2.23. The third kappa shape index (κ3) is 5.83. The highest BCUT2D eigenvalue weighted by Crippen LogP contribution is 2.23. The summed E-state index contributed by atoms with van der Waals surface area (Å²) in [5.74, 6) is -0.697. The lowest BCUT2D eigenvalue weighted by atomic mass is 10.2. The van der Waals surface area contributed by atoms with Crippen LogP contribution in [0.4, 0.5) is 13.2 Å². The summed E-state index contributed by atoms with van der Waals surface area (Å²) in [7, 11) is 0. The van der Waals surface area contributed by atoms with Crippen molar-refractivity contribution in [1.82, 2.24) is 15.2 Å². The summed E-state index contributed by atoms with van der Waals surface area (Å²) in [5, 5.41) is 4.53. The standard InChI is InChI=1S/C18H17ClF3N3O3S/c19-11-3-5-12(6-4-11)28-8-15-24-13(9-29-15)17(27)25-7-1-2-14(25)16(26)23-10-18(20,21)22/h3-6,9,14H,1-2,7-8,10H2,(H,23,26). The number of hydrogen-bond acceptors (Lipinski definition) is 5.